The lowest BCUT2D eigenvalue weighted by Gasteiger charge is -2.27. The van der Waals surface area contributed by atoms with Gasteiger partial charge in [-0.3, -0.25) is 4.79 Å². The zero-order valence-electron chi connectivity index (χ0n) is 18.3. The number of rotatable bonds is 7. The maximum Gasteiger partial charge on any atom is 0.272 e. The quantitative estimate of drug-likeness (QED) is 0.372. The van der Waals surface area contributed by atoms with Gasteiger partial charge in [0.05, 0.1) is 5.69 Å². The standard InChI is InChI=1S/C22H25BrF2N6O2/c1-11-3-5-13(6-4-11)27-20(32)14-9-15-19(30-21(14)33-10-16(24)25)31-22(28-15)29-17-12(2)7-8-26-18(17)23/h7-9,11,13,16H,3-6,10H2,1-2H3,(H,27,32)(H2,28,29,30,31)/t11-,13-. The third-order valence-electron chi connectivity index (χ3n) is 5.73. The molecular weight excluding hydrogens is 498 g/mol. The van der Waals surface area contributed by atoms with Gasteiger partial charge in [0.2, 0.25) is 11.8 Å². The molecule has 1 fully saturated rings. The largest absolute Gasteiger partial charge is 0.471 e. The Bertz CT molecular complexity index is 1130. The van der Waals surface area contributed by atoms with Gasteiger partial charge in [0, 0.05) is 12.2 Å². The van der Waals surface area contributed by atoms with Crippen LogP contribution in [0.25, 0.3) is 11.2 Å². The Morgan fingerprint density at radius 1 is 1.30 bits per heavy atom. The second kappa shape index (κ2) is 9.98. The van der Waals surface area contributed by atoms with Crippen LogP contribution in [0.1, 0.15) is 48.5 Å². The Labute approximate surface area is 198 Å². The fourth-order valence-corrected chi connectivity index (χ4v) is 4.39. The molecule has 3 aromatic rings. The Morgan fingerprint density at radius 3 is 2.76 bits per heavy atom. The van der Waals surface area contributed by atoms with Crippen LogP contribution in [0, 0.1) is 12.8 Å². The van der Waals surface area contributed by atoms with Crippen LogP contribution in [0.2, 0.25) is 0 Å². The number of carbonyl (C=O) groups excluding carboxylic acids is 1. The van der Waals surface area contributed by atoms with Crippen LogP contribution in [-0.4, -0.2) is 44.9 Å². The van der Waals surface area contributed by atoms with E-state index in [1.165, 1.54) is 6.07 Å². The number of H-pyrrole nitrogens is 1. The van der Waals surface area contributed by atoms with Gasteiger partial charge < -0.3 is 20.4 Å². The minimum atomic E-state index is -2.69. The van der Waals surface area contributed by atoms with E-state index < -0.39 is 18.9 Å². The van der Waals surface area contributed by atoms with E-state index in [1.54, 1.807) is 6.20 Å². The number of aryl methyl sites for hydroxylation is 1. The fourth-order valence-electron chi connectivity index (χ4n) is 3.86. The Kier molecular flexibility index (Phi) is 7.06. The van der Waals surface area contributed by atoms with Crippen LogP contribution in [-0.2, 0) is 0 Å². The summed E-state index contributed by atoms with van der Waals surface area (Å²) in [7, 11) is 0. The smallest absolute Gasteiger partial charge is 0.272 e. The molecule has 1 aliphatic rings. The minimum absolute atomic E-state index is 0.0367. The predicted molar refractivity (Wildman–Crippen MR) is 124 cm³/mol. The number of ether oxygens (including phenoxy) is 1. The molecule has 0 spiro atoms. The van der Waals surface area contributed by atoms with E-state index in [2.05, 4.69) is 53.4 Å². The first-order chi connectivity index (χ1) is 15.8. The van der Waals surface area contributed by atoms with Crippen LogP contribution < -0.4 is 15.4 Å². The van der Waals surface area contributed by atoms with Gasteiger partial charge in [-0.05, 0) is 72.2 Å². The van der Waals surface area contributed by atoms with Crippen molar-refractivity contribution in [2.45, 2.75) is 52.0 Å². The molecule has 8 nitrogen and oxygen atoms in total. The summed E-state index contributed by atoms with van der Waals surface area (Å²) >= 11 is 3.40. The highest BCUT2D eigenvalue weighted by atomic mass is 79.9. The van der Waals surface area contributed by atoms with Gasteiger partial charge in [-0.1, -0.05) is 6.92 Å². The van der Waals surface area contributed by atoms with Crippen molar-refractivity contribution in [2.24, 2.45) is 5.92 Å². The van der Waals surface area contributed by atoms with Crippen molar-refractivity contribution in [3.63, 3.8) is 0 Å². The zero-order valence-corrected chi connectivity index (χ0v) is 19.9. The van der Waals surface area contributed by atoms with Gasteiger partial charge in [-0.15, -0.1) is 0 Å². The lowest BCUT2D eigenvalue weighted by molar-refractivity contribution is 0.0770. The van der Waals surface area contributed by atoms with Crippen molar-refractivity contribution in [2.75, 3.05) is 11.9 Å². The topological polar surface area (TPSA) is 105 Å². The van der Waals surface area contributed by atoms with Crippen molar-refractivity contribution in [1.82, 2.24) is 25.3 Å². The molecular formula is C22H25BrF2N6O2. The average molecular weight is 523 g/mol. The maximum atomic E-state index is 13.0. The van der Waals surface area contributed by atoms with Crippen molar-refractivity contribution < 1.29 is 18.3 Å². The summed E-state index contributed by atoms with van der Waals surface area (Å²) in [5, 5.41) is 6.14. The van der Waals surface area contributed by atoms with Crippen LogP contribution in [0.4, 0.5) is 20.4 Å². The molecule has 3 N–H and O–H groups in total. The number of nitrogens with one attached hydrogen (secondary N) is 3. The van der Waals surface area contributed by atoms with E-state index in [0.717, 1.165) is 36.9 Å². The molecule has 1 saturated carbocycles. The Balaban J connectivity index is 1.62. The van der Waals surface area contributed by atoms with Crippen LogP contribution >= 0.6 is 15.9 Å². The number of pyridine rings is 2. The molecule has 11 heteroatoms. The maximum absolute atomic E-state index is 13.0. The summed E-state index contributed by atoms with van der Waals surface area (Å²) in [5.74, 6) is 0.447. The molecule has 0 radical (unpaired) electrons. The third-order valence-corrected chi connectivity index (χ3v) is 6.34. The monoisotopic (exact) mass is 522 g/mol. The number of carbonyl (C=O) groups is 1. The van der Waals surface area contributed by atoms with Gasteiger partial charge in [-0.25, -0.2) is 18.7 Å². The number of aromatic nitrogens is 4. The second-order valence-electron chi connectivity index (χ2n) is 8.35. The number of imidazole rings is 1. The van der Waals surface area contributed by atoms with Crippen LogP contribution in [0.15, 0.2) is 22.9 Å². The number of nitrogens with zero attached hydrogens (tertiary/aromatic N) is 3. The predicted octanol–water partition coefficient (Wildman–Crippen LogP) is 5.12. The number of alkyl halides is 2. The molecule has 4 rings (SSSR count). The zero-order chi connectivity index (χ0) is 23.5. The lowest BCUT2D eigenvalue weighted by Crippen LogP contribution is -2.37. The molecule has 0 saturated heterocycles. The molecule has 1 amide bonds. The number of halogens is 3. The highest BCUT2D eigenvalue weighted by molar-refractivity contribution is 9.10. The molecule has 3 aromatic heterocycles. The average Bonchev–Trinajstić information content (AvgIpc) is 3.17. The number of amides is 1. The first kappa shape index (κ1) is 23.3. The molecule has 0 aromatic carbocycles. The van der Waals surface area contributed by atoms with Crippen LogP contribution in [0.5, 0.6) is 5.88 Å². The minimum Gasteiger partial charge on any atom is -0.471 e. The second-order valence-corrected chi connectivity index (χ2v) is 9.10. The highest BCUT2D eigenvalue weighted by Gasteiger charge is 2.24. The van der Waals surface area contributed by atoms with Crippen LogP contribution in [0.3, 0.4) is 0 Å². The van der Waals surface area contributed by atoms with Crippen molar-refractivity contribution in [3.8, 4) is 5.88 Å². The van der Waals surface area contributed by atoms with E-state index in [1.807, 2.05) is 13.0 Å². The summed E-state index contributed by atoms with van der Waals surface area (Å²) in [4.78, 5) is 28.9. The molecule has 33 heavy (non-hydrogen) atoms. The summed E-state index contributed by atoms with van der Waals surface area (Å²) in [5.41, 5.74) is 2.45. The van der Waals surface area contributed by atoms with Crippen molar-refractivity contribution in [3.05, 3.63) is 34.1 Å². The van der Waals surface area contributed by atoms with Crippen molar-refractivity contribution >= 4 is 44.6 Å². The number of hydrogen-bond donors (Lipinski definition) is 3. The van der Waals surface area contributed by atoms with Gasteiger partial charge in [-0.2, -0.15) is 4.98 Å². The number of aromatic amines is 1. The normalized spacial score (nSPS) is 18.5. The van der Waals surface area contributed by atoms with E-state index in [0.29, 0.717) is 27.6 Å². The molecule has 176 valence electrons. The first-order valence-electron chi connectivity index (χ1n) is 10.8. The SMILES string of the molecule is Cc1ccnc(Br)c1Nc1nc2cc(C(=O)N[C@H]3CC[C@H](C)CC3)c(OCC(F)F)nc2[nH]1. The number of fused-ring (bicyclic) bond motifs is 1. The number of anilines is 2. The molecule has 1 aliphatic carbocycles. The molecule has 0 aliphatic heterocycles. The summed E-state index contributed by atoms with van der Waals surface area (Å²) < 4.78 is 31.4. The molecule has 0 unspecified atom stereocenters. The third kappa shape index (κ3) is 5.58. The Hall–Kier alpha value is -2.82. The summed E-state index contributed by atoms with van der Waals surface area (Å²) in [6.07, 6.45) is 2.82. The Morgan fingerprint density at radius 2 is 2.06 bits per heavy atom. The summed E-state index contributed by atoms with van der Waals surface area (Å²) in [6.45, 7) is 3.25. The summed E-state index contributed by atoms with van der Waals surface area (Å²) in [6, 6.07) is 3.39. The van der Waals surface area contributed by atoms with Gasteiger partial charge in [0.1, 0.15) is 15.7 Å². The highest BCUT2D eigenvalue weighted by Crippen LogP contribution is 2.29. The van der Waals surface area contributed by atoms with E-state index in [4.69, 9.17) is 4.74 Å². The van der Waals surface area contributed by atoms with Gasteiger partial charge in [0.25, 0.3) is 12.3 Å². The molecule has 0 atom stereocenters. The van der Waals surface area contributed by atoms with E-state index in [-0.39, 0.29) is 17.5 Å². The fraction of sp³-hybridized carbons (Fsp3) is 0.455. The van der Waals surface area contributed by atoms with Gasteiger partial charge in [0.15, 0.2) is 12.3 Å². The van der Waals surface area contributed by atoms with E-state index in [9.17, 15) is 13.6 Å². The van der Waals surface area contributed by atoms with E-state index >= 15 is 0 Å². The number of hydrogen-bond acceptors (Lipinski definition) is 6. The first-order valence-corrected chi connectivity index (χ1v) is 11.6. The van der Waals surface area contributed by atoms with Gasteiger partial charge >= 0.3 is 0 Å². The molecule has 3 heterocycles. The molecule has 0 bridgehead atoms. The lowest BCUT2D eigenvalue weighted by atomic mass is 9.87. The van der Waals surface area contributed by atoms with Crippen molar-refractivity contribution in [1.29, 1.82) is 0 Å².